The zero-order valence-electron chi connectivity index (χ0n) is 11.6. The van der Waals surface area contributed by atoms with Gasteiger partial charge >= 0.3 is 5.97 Å². The topological polar surface area (TPSA) is 59.2 Å². The number of ether oxygens (including phenoxy) is 1. The van der Waals surface area contributed by atoms with E-state index in [1.54, 1.807) is 0 Å². The van der Waals surface area contributed by atoms with E-state index in [-0.39, 0.29) is 24.3 Å². The fourth-order valence-electron chi connectivity index (χ4n) is 2.60. The zero-order chi connectivity index (χ0) is 14.3. The number of rotatable bonds is 4. The number of esters is 1. The summed E-state index contributed by atoms with van der Waals surface area (Å²) in [6.45, 7) is 3.69. The van der Waals surface area contributed by atoms with Crippen LogP contribution in [-0.4, -0.2) is 23.3 Å². The minimum absolute atomic E-state index is 0.00753. The van der Waals surface area contributed by atoms with E-state index in [0.29, 0.717) is 11.5 Å². The number of Topliss-reactive ketones (excluding diaryl/α,β-unsaturated/α-hetero) is 1. The largest absolute Gasteiger partial charge is 0.457 e. The van der Waals surface area contributed by atoms with Crippen LogP contribution < -0.4 is 0 Å². The summed E-state index contributed by atoms with van der Waals surface area (Å²) < 4.78 is 5.12. The number of benzene rings is 1. The molecular weight excluding hydrogens is 254 g/mol. The maximum Gasteiger partial charge on any atom is 0.309 e. The Morgan fingerprint density at radius 3 is 2.75 bits per heavy atom. The Morgan fingerprint density at radius 2 is 2.05 bits per heavy atom. The van der Waals surface area contributed by atoms with Crippen LogP contribution in [0.5, 0.6) is 0 Å². The molecule has 1 aromatic carbocycles. The molecule has 1 saturated carbocycles. The maximum atomic E-state index is 12.3. The first-order valence-corrected chi connectivity index (χ1v) is 6.85. The Morgan fingerprint density at radius 1 is 1.35 bits per heavy atom. The highest BCUT2D eigenvalue weighted by molar-refractivity contribution is 6.10. The van der Waals surface area contributed by atoms with Gasteiger partial charge in [0.25, 0.3) is 0 Å². The van der Waals surface area contributed by atoms with Gasteiger partial charge in [0, 0.05) is 22.2 Å². The first kappa shape index (κ1) is 12.9. The molecule has 0 aliphatic heterocycles. The van der Waals surface area contributed by atoms with E-state index in [1.165, 1.54) is 0 Å². The summed E-state index contributed by atoms with van der Waals surface area (Å²) in [4.78, 5) is 27.1. The third-order valence-electron chi connectivity index (χ3n) is 3.93. The summed E-state index contributed by atoms with van der Waals surface area (Å²) in [6, 6.07) is 7.64. The van der Waals surface area contributed by atoms with Crippen molar-refractivity contribution < 1.29 is 14.3 Å². The Hall–Kier alpha value is -2.10. The summed E-state index contributed by atoms with van der Waals surface area (Å²) in [5.41, 5.74) is 2.36. The van der Waals surface area contributed by atoms with Crippen molar-refractivity contribution in [1.29, 1.82) is 0 Å². The lowest BCUT2D eigenvalue weighted by atomic mass is 10.1. The second-order valence-electron chi connectivity index (χ2n) is 5.52. The number of nitrogens with one attached hydrogen (secondary N) is 1. The first-order chi connectivity index (χ1) is 9.58. The van der Waals surface area contributed by atoms with Crippen LogP contribution in [0.3, 0.4) is 0 Å². The van der Waals surface area contributed by atoms with Gasteiger partial charge in [0.05, 0.1) is 5.92 Å². The summed E-state index contributed by atoms with van der Waals surface area (Å²) in [6.07, 6.45) is 0.874. The van der Waals surface area contributed by atoms with E-state index < -0.39 is 0 Å². The quantitative estimate of drug-likeness (QED) is 0.687. The number of ketones is 1. The van der Waals surface area contributed by atoms with Crippen molar-refractivity contribution in [2.45, 2.75) is 20.3 Å². The molecule has 0 saturated heterocycles. The van der Waals surface area contributed by atoms with Crippen LogP contribution in [0.2, 0.25) is 0 Å². The fourth-order valence-corrected chi connectivity index (χ4v) is 2.60. The summed E-state index contributed by atoms with van der Waals surface area (Å²) >= 11 is 0. The molecule has 1 N–H and O–H groups in total. The summed E-state index contributed by atoms with van der Waals surface area (Å²) in [5.74, 6) is -0.00996. The van der Waals surface area contributed by atoms with Crippen LogP contribution in [0.25, 0.3) is 10.9 Å². The van der Waals surface area contributed by atoms with Crippen LogP contribution in [0.15, 0.2) is 24.3 Å². The molecule has 4 nitrogen and oxygen atoms in total. The first-order valence-electron chi connectivity index (χ1n) is 6.85. The average Bonchev–Trinajstić information content (AvgIpc) is 3.05. The Bertz CT molecular complexity index is 686. The fraction of sp³-hybridized carbons (Fsp3) is 0.375. The van der Waals surface area contributed by atoms with Crippen molar-refractivity contribution in [3.05, 3.63) is 35.5 Å². The lowest BCUT2D eigenvalue weighted by Crippen LogP contribution is -2.16. The molecule has 1 aliphatic carbocycles. The van der Waals surface area contributed by atoms with Crippen LogP contribution in [0.1, 0.15) is 29.4 Å². The van der Waals surface area contributed by atoms with Gasteiger partial charge < -0.3 is 9.72 Å². The molecule has 2 atom stereocenters. The number of carbonyl (C=O) groups is 2. The van der Waals surface area contributed by atoms with Gasteiger partial charge in [-0.15, -0.1) is 0 Å². The SMILES string of the molecule is Cc1[nH]c2ccccc2c1C(=O)COC(=O)[C@H]1C[C@H]1C. The van der Waals surface area contributed by atoms with Crippen LogP contribution in [0.4, 0.5) is 0 Å². The highest BCUT2D eigenvalue weighted by Crippen LogP contribution is 2.38. The van der Waals surface area contributed by atoms with E-state index in [0.717, 1.165) is 23.0 Å². The molecule has 0 bridgehead atoms. The van der Waals surface area contributed by atoms with E-state index in [9.17, 15) is 9.59 Å². The minimum Gasteiger partial charge on any atom is -0.457 e. The lowest BCUT2D eigenvalue weighted by molar-refractivity contribution is -0.144. The number of aryl methyl sites for hydroxylation is 1. The predicted molar refractivity (Wildman–Crippen MR) is 75.6 cm³/mol. The Balaban J connectivity index is 1.75. The molecule has 20 heavy (non-hydrogen) atoms. The smallest absolute Gasteiger partial charge is 0.309 e. The van der Waals surface area contributed by atoms with Crippen molar-refractivity contribution in [2.24, 2.45) is 11.8 Å². The average molecular weight is 271 g/mol. The third-order valence-corrected chi connectivity index (χ3v) is 3.93. The van der Waals surface area contributed by atoms with Gasteiger partial charge in [-0.1, -0.05) is 25.1 Å². The number of H-pyrrole nitrogens is 1. The molecule has 1 heterocycles. The highest BCUT2D eigenvalue weighted by Gasteiger charge is 2.40. The monoisotopic (exact) mass is 271 g/mol. The number of aromatic amines is 1. The number of aromatic nitrogens is 1. The molecular formula is C16H17NO3. The van der Waals surface area contributed by atoms with Crippen LogP contribution in [0, 0.1) is 18.8 Å². The normalized spacial score (nSPS) is 20.9. The zero-order valence-corrected chi connectivity index (χ0v) is 11.6. The van der Waals surface area contributed by atoms with Crippen molar-refractivity contribution in [2.75, 3.05) is 6.61 Å². The second kappa shape index (κ2) is 4.78. The maximum absolute atomic E-state index is 12.3. The lowest BCUT2D eigenvalue weighted by Gasteiger charge is -2.04. The molecule has 1 fully saturated rings. The Kier molecular flexibility index (Phi) is 3.08. The standard InChI is InChI=1S/C16H17NO3/c1-9-7-12(9)16(19)20-8-14(18)15-10(2)17-13-6-4-3-5-11(13)15/h3-6,9,12,17H,7-8H2,1-2H3/t9-,12+/m1/s1. The molecule has 2 aromatic rings. The van der Waals surface area contributed by atoms with Crippen molar-refractivity contribution in [3.63, 3.8) is 0 Å². The molecule has 0 radical (unpaired) electrons. The van der Waals surface area contributed by atoms with E-state index >= 15 is 0 Å². The number of hydrogen-bond donors (Lipinski definition) is 1. The van der Waals surface area contributed by atoms with E-state index in [1.807, 2.05) is 38.1 Å². The van der Waals surface area contributed by atoms with Gasteiger partial charge in [0.2, 0.25) is 5.78 Å². The van der Waals surface area contributed by atoms with Gasteiger partial charge in [-0.3, -0.25) is 9.59 Å². The number of hydrogen-bond acceptors (Lipinski definition) is 3. The van der Waals surface area contributed by atoms with Crippen LogP contribution >= 0.6 is 0 Å². The Labute approximate surface area is 117 Å². The van der Waals surface area contributed by atoms with Gasteiger partial charge in [0.15, 0.2) is 6.61 Å². The van der Waals surface area contributed by atoms with E-state index in [2.05, 4.69) is 4.98 Å². The predicted octanol–water partition coefficient (Wildman–Crippen LogP) is 2.86. The molecule has 1 aliphatic rings. The molecule has 0 unspecified atom stereocenters. The highest BCUT2D eigenvalue weighted by atomic mass is 16.5. The van der Waals surface area contributed by atoms with Crippen molar-refractivity contribution >= 4 is 22.7 Å². The van der Waals surface area contributed by atoms with Gasteiger partial charge in [-0.2, -0.15) is 0 Å². The molecule has 0 amide bonds. The van der Waals surface area contributed by atoms with Crippen LogP contribution in [-0.2, 0) is 9.53 Å². The second-order valence-corrected chi connectivity index (χ2v) is 5.52. The molecule has 1 aromatic heterocycles. The molecule has 3 rings (SSSR count). The number of fused-ring (bicyclic) bond motifs is 1. The molecule has 104 valence electrons. The number of carbonyl (C=O) groups excluding carboxylic acids is 2. The number of para-hydroxylation sites is 1. The van der Waals surface area contributed by atoms with Gasteiger partial charge in [-0.05, 0) is 25.3 Å². The minimum atomic E-state index is -0.247. The molecule has 4 heteroatoms. The van der Waals surface area contributed by atoms with E-state index in [4.69, 9.17) is 4.74 Å². The third kappa shape index (κ3) is 2.22. The van der Waals surface area contributed by atoms with Gasteiger partial charge in [0.1, 0.15) is 0 Å². The van der Waals surface area contributed by atoms with Gasteiger partial charge in [-0.25, -0.2) is 0 Å². The van der Waals surface area contributed by atoms with Crippen molar-refractivity contribution in [3.8, 4) is 0 Å². The van der Waals surface area contributed by atoms with Crippen molar-refractivity contribution in [1.82, 2.24) is 4.98 Å². The summed E-state index contributed by atoms with van der Waals surface area (Å²) in [7, 11) is 0. The molecule has 0 spiro atoms. The summed E-state index contributed by atoms with van der Waals surface area (Å²) in [5, 5.41) is 0.880.